The number of carbonyl (C=O) groups excluding carboxylic acids is 1. The minimum absolute atomic E-state index is 0.121. The highest BCUT2D eigenvalue weighted by atomic mass is 16.3. The Morgan fingerprint density at radius 2 is 2.11 bits per heavy atom. The maximum Gasteiger partial charge on any atom is 0.231 e. The normalized spacial score (nSPS) is 15.3. The molecule has 104 valence electrons. The van der Waals surface area contributed by atoms with Crippen LogP contribution in [0.2, 0.25) is 0 Å². The number of carbonyl (C=O) groups is 1. The van der Waals surface area contributed by atoms with Crippen LogP contribution in [-0.2, 0) is 17.8 Å². The Balaban J connectivity index is 2.17. The van der Waals surface area contributed by atoms with E-state index in [2.05, 4.69) is 17.0 Å². The number of hydrogen-bond donors (Lipinski definition) is 1. The van der Waals surface area contributed by atoms with E-state index in [1.54, 1.807) is 4.90 Å². The van der Waals surface area contributed by atoms with Crippen LogP contribution in [0.1, 0.15) is 25.0 Å². The molecule has 1 aliphatic rings. The standard InChI is InChI=1S/C15H22N2O2/c1-15(2,10-18)16(3)9-11-5-6-13-12(7-11)8-14(19)17(13)4/h5-7,18H,8-10H2,1-4H3. The van der Waals surface area contributed by atoms with Gasteiger partial charge in [0.15, 0.2) is 0 Å². The van der Waals surface area contributed by atoms with Crippen LogP contribution >= 0.6 is 0 Å². The van der Waals surface area contributed by atoms with Gasteiger partial charge in [0.05, 0.1) is 13.0 Å². The summed E-state index contributed by atoms with van der Waals surface area (Å²) in [4.78, 5) is 15.5. The molecular weight excluding hydrogens is 240 g/mol. The number of benzene rings is 1. The van der Waals surface area contributed by atoms with Crippen LogP contribution in [-0.4, -0.2) is 42.2 Å². The first-order chi connectivity index (χ1) is 8.85. The van der Waals surface area contributed by atoms with Gasteiger partial charge in [-0.2, -0.15) is 0 Å². The summed E-state index contributed by atoms with van der Waals surface area (Å²) < 4.78 is 0. The third-order valence-electron chi connectivity index (χ3n) is 4.06. The lowest BCUT2D eigenvalue weighted by Crippen LogP contribution is -2.43. The van der Waals surface area contributed by atoms with E-state index in [-0.39, 0.29) is 18.1 Å². The second kappa shape index (κ2) is 4.94. The molecule has 4 nitrogen and oxygen atoms in total. The lowest BCUT2D eigenvalue weighted by Gasteiger charge is -2.34. The fourth-order valence-corrected chi connectivity index (χ4v) is 2.23. The van der Waals surface area contributed by atoms with Gasteiger partial charge in [-0.3, -0.25) is 9.69 Å². The molecular formula is C15H22N2O2. The summed E-state index contributed by atoms with van der Waals surface area (Å²) in [5, 5.41) is 9.37. The molecule has 0 unspecified atom stereocenters. The number of hydrogen-bond acceptors (Lipinski definition) is 3. The van der Waals surface area contributed by atoms with E-state index in [1.165, 1.54) is 5.56 Å². The van der Waals surface area contributed by atoms with Crippen LogP contribution in [0, 0.1) is 0 Å². The molecule has 1 aliphatic heterocycles. The zero-order chi connectivity index (χ0) is 14.2. The van der Waals surface area contributed by atoms with E-state index in [0.717, 1.165) is 17.8 Å². The van der Waals surface area contributed by atoms with Crippen molar-refractivity contribution in [1.29, 1.82) is 0 Å². The highest BCUT2D eigenvalue weighted by Crippen LogP contribution is 2.29. The van der Waals surface area contributed by atoms with Crippen molar-refractivity contribution < 1.29 is 9.90 Å². The lowest BCUT2D eigenvalue weighted by atomic mass is 10.0. The molecule has 0 bridgehead atoms. The second-order valence-electron chi connectivity index (χ2n) is 5.92. The predicted molar refractivity (Wildman–Crippen MR) is 76.2 cm³/mol. The van der Waals surface area contributed by atoms with Crippen molar-refractivity contribution in [2.45, 2.75) is 32.4 Å². The molecule has 0 fully saturated rings. The van der Waals surface area contributed by atoms with E-state index in [4.69, 9.17) is 0 Å². The van der Waals surface area contributed by atoms with Gasteiger partial charge in [0, 0.05) is 24.8 Å². The molecule has 0 aromatic heterocycles. The van der Waals surface area contributed by atoms with Crippen LogP contribution in [0.15, 0.2) is 18.2 Å². The van der Waals surface area contributed by atoms with E-state index in [1.807, 2.05) is 34.0 Å². The predicted octanol–water partition coefficient (Wildman–Crippen LogP) is 1.41. The van der Waals surface area contributed by atoms with Crippen LogP contribution in [0.4, 0.5) is 5.69 Å². The smallest absolute Gasteiger partial charge is 0.231 e. The van der Waals surface area contributed by atoms with Crippen LogP contribution in [0.25, 0.3) is 0 Å². The summed E-state index contributed by atoms with van der Waals surface area (Å²) in [6, 6.07) is 6.16. The van der Waals surface area contributed by atoms with Crippen molar-refractivity contribution in [3.63, 3.8) is 0 Å². The number of fused-ring (bicyclic) bond motifs is 1. The van der Waals surface area contributed by atoms with Gasteiger partial charge in [-0.05, 0) is 38.1 Å². The summed E-state index contributed by atoms with van der Waals surface area (Å²) in [5.74, 6) is 0.149. The number of aliphatic hydroxyl groups excluding tert-OH is 1. The monoisotopic (exact) mass is 262 g/mol. The maximum absolute atomic E-state index is 11.7. The summed E-state index contributed by atoms with van der Waals surface area (Å²) >= 11 is 0. The average Bonchev–Trinajstić information content (AvgIpc) is 2.64. The maximum atomic E-state index is 11.7. The summed E-state index contributed by atoms with van der Waals surface area (Å²) in [6.07, 6.45) is 0.493. The van der Waals surface area contributed by atoms with Crippen molar-refractivity contribution >= 4 is 11.6 Å². The van der Waals surface area contributed by atoms with Crippen molar-refractivity contribution in [3.8, 4) is 0 Å². The Morgan fingerprint density at radius 1 is 1.42 bits per heavy atom. The number of amides is 1. The van der Waals surface area contributed by atoms with Gasteiger partial charge in [-0.1, -0.05) is 12.1 Å². The van der Waals surface area contributed by atoms with Gasteiger partial charge in [0.2, 0.25) is 5.91 Å². The minimum atomic E-state index is -0.244. The van der Waals surface area contributed by atoms with Crippen molar-refractivity contribution in [3.05, 3.63) is 29.3 Å². The topological polar surface area (TPSA) is 43.8 Å². The molecule has 1 N–H and O–H groups in total. The third kappa shape index (κ3) is 2.65. The van der Waals surface area contributed by atoms with Crippen molar-refractivity contribution in [1.82, 2.24) is 4.90 Å². The molecule has 4 heteroatoms. The fraction of sp³-hybridized carbons (Fsp3) is 0.533. The lowest BCUT2D eigenvalue weighted by molar-refractivity contribution is -0.117. The molecule has 0 spiro atoms. The van der Waals surface area contributed by atoms with Crippen LogP contribution < -0.4 is 4.90 Å². The third-order valence-corrected chi connectivity index (χ3v) is 4.06. The SMILES string of the molecule is CN1C(=O)Cc2cc(CN(C)C(C)(C)CO)ccc21. The van der Waals surface area contributed by atoms with Crippen LogP contribution in [0.3, 0.4) is 0 Å². The van der Waals surface area contributed by atoms with Crippen LogP contribution in [0.5, 0.6) is 0 Å². The second-order valence-corrected chi connectivity index (χ2v) is 5.92. The molecule has 2 rings (SSSR count). The minimum Gasteiger partial charge on any atom is -0.394 e. The van der Waals surface area contributed by atoms with Gasteiger partial charge in [-0.15, -0.1) is 0 Å². The highest BCUT2D eigenvalue weighted by molar-refractivity contribution is 6.00. The van der Waals surface area contributed by atoms with Gasteiger partial charge in [0.25, 0.3) is 0 Å². The number of aliphatic hydroxyl groups is 1. The molecule has 19 heavy (non-hydrogen) atoms. The Hall–Kier alpha value is -1.39. The van der Waals surface area contributed by atoms with E-state index >= 15 is 0 Å². The molecule has 1 amide bonds. The molecule has 0 saturated heterocycles. The first kappa shape index (κ1) is 14.0. The van der Waals surface area contributed by atoms with Crippen molar-refractivity contribution in [2.24, 2.45) is 0 Å². The molecule has 1 aromatic carbocycles. The molecule has 0 atom stereocenters. The quantitative estimate of drug-likeness (QED) is 0.892. The Bertz CT molecular complexity index is 497. The summed E-state index contributed by atoms with van der Waals surface area (Å²) in [7, 11) is 3.82. The summed E-state index contributed by atoms with van der Waals surface area (Å²) in [5.41, 5.74) is 3.04. The van der Waals surface area contributed by atoms with Gasteiger partial charge in [0.1, 0.15) is 0 Å². The Kier molecular flexibility index (Phi) is 3.65. The molecule has 0 aliphatic carbocycles. The van der Waals surface area contributed by atoms with E-state index in [0.29, 0.717) is 6.42 Å². The van der Waals surface area contributed by atoms with E-state index in [9.17, 15) is 9.90 Å². The molecule has 1 aromatic rings. The zero-order valence-electron chi connectivity index (χ0n) is 12.1. The number of anilines is 1. The molecule has 0 saturated carbocycles. The van der Waals surface area contributed by atoms with Crippen molar-refractivity contribution in [2.75, 3.05) is 25.6 Å². The first-order valence-corrected chi connectivity index (χ1v) is 6.55. The average molecular weight is 262 g/mol. The summed E-state index contributed by atoms with van der Waals surface area (Å²) in [6.45, 7) is 4.91. The number of nitrogens with zero attached hydrogens (tertiary/aromatic N) is 2. The molecule has 1 heterocycles. The van der Waals surface area contributed by atoms with Gasteiger partial charge >= 0.3 is 0 Å². The largest absolute Gasteiger partial charge is 0.394 e. The Labute approximate surface area is 114 Å². The number of likely N-dealkylation sites (N-methyl/N-ethyl adjacent to an activating group) is 2. The fourth-order valence-electron chi connectivity index (χ4n) is 2.23. The Morgan fingerprint density at radius 3 is 2.74 bits per heavy atom. The highest BCUT2D eigenvalue weighted by Gasteiger charge is 2.25. The zero-order valence-corrected chi connectivity index (χ0v) is 12.1. The first-order valence-electron chi connectivity index (χ1n) is 6.55. The number of rotatable bonds is 4. The van der Waals surface area contributed by atoms with Gasteiger partial charge in [-0.25, -0.2) is 0 Å². The van der Waals surface area contributed by atoms with E-state index < -0.39 is 0 Å². The molecule has 0 radical (unpaired) electrons. The van der Waals surface area contributed by atoms with Gasteiger partial charge < -0.3 is 10.0 Å².